The number of rotatable bonds is 2. The highest BCUT2D eigenvalue weighted by atomic mass is 35.5. The number of alkyl halides is 1. The van der Waals surface area contributed by atoms with Gasteiger partial charge in [-0.2, -0.15) is 0 Å². The van der Waals surface area contributed by atoms with Crippen molar-refractivity contribution in [3.8, 4) is 5.69 Å². The summed E-state index contributed by atoms with van der Waals surface area (Å²) in [5.74, 6) is -0.620. The second-order valence-electron chi connectivity index (χ2n) is 4.38. The van der Waals surface area contributed by atoms with Crippen LogP contribution in [0.4, 0.5) is 8.78 Å². The van der Waals surface area contributed by atoms with Crippen LogP contribution in [0, 0.1) is 11.6 Å². The van der Waals surface area contributed by atoms with Crippen molar-refractivity contribution >= 4 is 22.6 Å². The second-order valence-corrected chi connectivity index (χ2v) is 5.04. The van der Waals surface area contributed by atoms with Crippen LogP contribution < -0.4 is 0 Å². The van der Waals surface area contributed by atoms with Gasteiger partial charge in [-0.3, -0.25) is 9.55 Å². The van der Waals surface area contributed by atoms with E-state index in [4.69, 9.17) is 11.6 Å². The molecule has 0 bridgehead atoms. The number of fused-ring (bicyclic) bond motifs is 1. The van der Waals surface area contributed by atoms with E-state index in [1.54, 1.807) is 25.4 Å². The molecule has 20 heavy (non-hydrogen) atoms. The van der Waals surface area contributed by atoms with Gasteiger partial charge in [-0.1, -0.05) is 0 Å². The van der Waals surface area contributed by atoms with Crippen LogP contribution in [0.2, 0.25) is 0 Å². The van der Waals surface area contributed by atoms with Crippen LogP contribution in [0.5, 0.6) is 0 Å². The molecule has 0 N–H and O–H groups in total. The molecule has 2 heterocycles. The van der Waals surface area contributed by atoms with Crippen LogP contribution in [-0.4, -0.2) is 14.5 Å². The first kappa shape index (κ1) is 13.0. The van der Waals surface area contributed by atoms with Gasteiger partial charge in [0.2, 0.25) is 0 Å². The summed E-state index contributed by atoms with van der Waals surface area (Å²) in [4.78, 5) is 8.31. The molecule has 1 aromatic carbocycles. The molecule has 0 saturated heterocycles. The van der Waals surface area contributed by atoms with Gasteiger partial charge in [0.15, 0.2) is 0 Å². The summed E-state index contributed by atoms with van der Waals surface area (Å²) in [7, 11) is 0. The van der Waals surface area contributed by atoms with Crippen LogP contribution in [-0.2, 0) is 0 Å². The van der Waals surface area contributed by atoms with Crippen LogP contribution in [0.25, 0.3) is 16.7 Å². The van der Waals surface area contributed by atoms with Gasteiger partial charge in [-0.15, -0.1) is 11.6 Å². The summed E-state index contributed by atoms with van der Waals surface area (Å²) in [6.07, 6.45) is 3.13. The van der Waals surface area contributed by atoms with Crippen molar-refractivity contribution in [2.45, 2.75) is 12.3 Å². The Morgan fingerprint density at radius 1 is 1.25 bits per heavy atom. The zero-order chi connectivity index (χ0) is 14.3. The Bertz CT molecular complexity index is 783. The molecule has 0 aliphatic heterocycles. The number of benzene rings is 1. The summed E-state index contributed by atoms with van der Waals surface area (Å²) in [6.45, 7) is 1.73. The van der Waals surface area contributed by atoms with Gasteiger partial charge in [0.1, 0.15) is 23.0 Å². The molecule has 3 aromatic rings. The molecule has 0 fully saturated rings. The van der Waals surface area contributed by atoms with Gasteiger partial charge in [0.05, 0.1) is 22.8 Å². The van der Waals surface area contributed by atoms with Crippen molar-refractivity contribution in [3.05, 3.63) is 54.1 Å². The first-order valence-corrected chi connectivity index (χ1v) is 6.43. The third-order valence-electron chi connectivity index (χ3n) is 2.99. The highest BCUT2D eigenvalue weighted by Crippen LogP contribution is 2.29. The zero-order valence-corrected chi connectivity index (χ0v) is 11.3. The lowest BCUT2D eigenvalue weighted by molar-refractivity contribution is 0.591. The molecule has 102 valence electrons. The number of hydrogen-bond acceptors (Lipinski definition) is 2. The molecule has 0 aliphatic carbocycles. The van der Waals surface area contributed by atoms with Crippen molar-refractivity contribution in [1.82, 2.24) is 14.5 Å². The number of halogens is 3. The van der Waals surface area contributed by atoms with Crippen LogP contribution in [0.3, 0.4) is 0 Å². The number of pyridine rings is 1. The minimum absolute atomic E-state index is 0.0844. The van der Waals surface area contributed by atoms with E-state index in [1.807, 2.05) is 0 Å². The fourth-order valence-electron chi connectivity index (χ4n) is 2.13. The summed E-state index contributed by atoms with van der Waals surface area (Å²) in [5.41, 5.74) is 1.30. The standard InChI is InChI=1S/C14H10ClF2N3/c1-8(15)14-19-11-7-18-5-4-12(11)20(14)13-6-9(16)2-3-10(13)17/h2-8H,1H3. The van der Waals surface area contributed by atoms with E-state index in [2.05, 4.69) is 9.97 Å². The maximum absolute atomic E-state index is 14.0. The van der Waals surface area contributed by atoms with Gasteiger partial charge >= 0.3 is 0 Å². The van der Waals surface area contributed by atoms with Crippen LogP contribution in [0.15, 0.2) is 36.7 Å². The fraction of sp³-hybridized carbons (Fsp3) is 0.143. The van der Waals surface area contributed by atoms with Crippen molar-refractivity contribution in [3.63, 3.8) is 0 Å². The van der Waals surface area contributed by atoms with Crippen molar-refractivity contribution in [2.24, 2.45) is 0 Å². The predicted molar refractivity (Wildman–Crippen MR) is 73.0 cm³/mol. The van der Waals surface area contributed by atoms with Crippen molar-refractivity contribution in [1.29, 1.82) is 0 Å². The Balaban J connectivity index is 2.39. The zero-order valence-electron chi connectivity index (χ0n) is 10.5. The third-order valence-corrected chi connectivity index (χ3v) is 3.18. The van der Waals surface area contributed by atoms with E-state index >= 15 is 0 Å². The lowest BCUT2D eigenvalue weighted by Crippen LogP contribution is -2.04. The summed E-state index contributed by atoms with van der Waals surface area (Å²) < 4.78 is 29.0. The van der Waals surface area contributed by atoms with E-state index in [-0.39, 0.29) is 5.69 Å². The molecule has 0 saturated carbocycles. The number of imidazole rings is 1. The maximum Gasteiger partial charge on any atom is 0.147 e. The molecule has 3 rings (SSSR count). The molecule has 0 aliphatic rings. The molecular formula is C14H10ClF2N3. The molecule has 0 spiro atoms. The molecule has 3 nitrogen and oxygen atoms in total. The van der Waals surface area contributed by atoms with Crippen molar-refractivity contribution in [2.75, 3.05) is 0 Å². The lowest BCUT2D eigenvalue weighted by atomic mass is 10.2. The number of hydrogen-bond donors (Lipinski definition) is 0. The molecule has 6 heteroatoms. The van der Waals surface area contributed by atoms with Crippen LogP contribution >= 0.6 is 11.6 Å². The van der Waals surface area contributed by atoms with Gasteiger partial charge in [0, 0.05) is 12.3 Å². The maximum atomic E-state index is 14.0. The van der Waals surface area contributed by atoms with E-state index in [0.29, 0.717) is 16.9 Å². The topological polar surface area (TPSA) is 30.7 Å². The van der Waals surface area contributed by atoms with E-state index in [1.165, 1.54) is 4.57 Å². The van der Waals surface area contributed by atoms with Crippen LogP contribution in [0.1, 0.15) is 18.1 Å². The fourth-order valence-corrected chi connectivity index (χ4v) is 2.27. The highest BCUT2D eigenvalue weighted by Gasteiger charge is 2.19. The number of aromatic nitrogens is 3. The van der Waals surface area contributed by atoms with E-state index < -0.39 is 17.0 Å². The van der Waals surface area contributed by atoms with Gasteiger partial charge in [-0.25, -0.2) is 13.8 Å². The first-order chi connectivity index (χ1) is 9.58. The molecule has 1 unspecified atom stereocenters. The molecule has 0 radical (unpaired) electrons. The average molecular weight is 294 g/mol. The Labute approximate surface area is 118 Å². The molecule has 2 aromatic heterocycles. The van der Waals surface area contributed by atoms with E-state index in [9.17, 15) is 8.78 Å². The largest absolute Gasteiger partial charge is 0.292 e. The Morgan fingerprint density at radius 2 is 2.05 bits per heavy atom. The van der Waals surface area contributed by atoms with Gasteiger partial charge in [-0.05, 0) is 25.1 Å². The SMILES string of the molecule is CC(Cl)c1nc2cnccc2n1-c1cc(F)ccc1F. The average Bonchev–Trinajstić information content (AvgIpc) is 2.81. The second kappa shape index (κ2) is 4.83. The minimum atomic E-state index is -0.541. The Kier molecular flexibility index (Phi) is 3.14. The van der Waals surface area contributed by atoms with Gasteiger partial charge in [0.25, 0.3) is 0 Å². The molecular weight excluding hydrogens is 284 g/mol. The normalized spacial score (nSPS) is 12.8. The summed E-state index contributed by atoms with van der Waals surface area (Å²) >= 11 is 6.10. The number of nitrogens with zero attached hydrogens (tertiary/aromatic N) is 3. The minimum Gasteiger partial charge on any atom is -0.292 e. The van der Waals surface area contributed by atoms with Gasteiger partial charge < -0.3 is 0 Å². The predicted octanol–water partition coefficient (Wildman–Crippen LogP) is 4.00. The smallest absolute Gasteiger partial charge is 0.147 e. The lowest BCUT2D eigenvalue weighted by Gasteiger charge is -2.11. The van der Waals surface area contributed by atoms with E-state index in [0.717, 1.165) is 18.2 Å². The third kappa shape index (κ3) is 2.04. The summed E-state index contributed by atoms with van der Waals surface area (Å²) in [5, 5.41) is -0.454. The molecule has 0 amide bonds. The highest BCUT2D eigenvalue weighted by molar-refractivity contribution is 6.20. The molecule has 1 atom stereocenters. The Hall–Kier alpha value is -2.01. The Morgan fingerprint density at radius 3 is 2.80 bits per heavy atom. The van der Waals surface area contributed by atoms with Crippen molar-refractivity contribution < 1.29 is 8.78 Å². The quantitative estimate of drug-likeness (QED) is 0.669. The summed E-state index contributed by atoms with van der Waals surface area (Å²) in [6, 6.07) is 4.97. The monoisotopic (exact) mass is 293 g/mol. The first-order valence-electron chi connectivity index (χ1n) is 6.00.